The van der Waals surface area contributed by atoms with Gasteiger partial charge < -0.3 is 5.32 Å². The Balaban J connectivity index is 1.67. The lowest BCUT2D eigenvalue weighted by molar-refractivity contribution is -0.116. The minimum absolute atomic E-state index is 0.0434. The van der Waals surface area contributed by atoms with Crippen LogP contribution in [0.25, 0.3) is 5.95 Å². The Bertz CT molecular complexity index is 1200. The summed E-state index contributed by atoms with van der Waals surface area (Å²) in [5, 5.41) is 7.24. The van der Waals surface area contributed by atoms with E-state index >= 15 is 0 Å². The van der Waals surface area contributed by atoms with Gasteiger partial charge in [-0.25, -0.2) is 9.67 Å². The topological polar surface area (TPSA) is 98.9 Å². The van der Waals surface area contributed by atoms with E-state index in [9.17, 15) is 14.4 Å². The summed E-state index contributed by atoms with van der Waals surface area (Å²) in [5.74, 6) is -0.0401. The van der Waals surface area contributed by atoms with Gasteiger partial charge in [0.25, 0.3) is 5.56 Å². The summed E-state index contributed by atoms with van der Waals surface area (Å²) in [6.45, 7) is 5.07. The minimum Gasteiger partial charge on any atom is -0.325 e. The first-order chi connectivity index (χ1) is 14.3. The zero-order chi connectivity index (χ0) is 21.4. The van der Waals surface area contributed by atoms with Crippen molar-refractivity contribution in [2.45, 2.75) is 46.6 Å². The largest absolute Gasteiger partial charge is 0.325 e. The first kappa shape index (κ1) is 19.8. The number of Topliss-reactive ketones (excluding diaryl/α,β-unsaturated/α-hetero) is 1. The molecule has 0 saturated heterocycles. The smallest absolute Gasteiger partial charge is 0.258 e. The predicted octanol–water partition coefficient (Wildman–Crippen LogP) is 2.38. The second kappa shape index (κ2) is 7.70. The maximum Gasteiger partial charge on any atom is 0.258 e. The molecule has 0 atom stereocenters. The Morgan fingerprint density at radius 3 is 2.50 bits per heavy atom. The van der Waals surface area contributed by atoms with Crippen LogP contribution in [-0.2, 0) is 24.2 Å². The highest BCUT2D eigenvalue weighted by Crippen LogP contribution is 2.19. The SMILES string of the molecule is CC(=O)c1ccc(NC(=O)Cn2c(-n3nc(C)cc3C)nc3c(c2=O)CCC3)cc1. The number of carbonyl (C=O) groups excluding carboxylic acids is 2. The molecule has 1 aliphatic carbocycles. The number of anilines is 1. The van der Waals surface area contributed by atoms with Gasteiger partial charge in [0.15, 0.2) is 5.78 Å². The van der Waals surface area contributed by atoms with E-state index in [4.69, 9.17) is 4.98 Å². The molecule has 1 aliphatic rings. The van der Waals surface area contributed by atoms with Gasteiger partial charge in [0.1, 0.15) is 6.54 Å². The first-order valence-electron chi connectivity index (χ1n) is 9.90. The van der Waals surface area contributed by atoms with Gasteiger partial charge in [-0.2, -0.15) is 5.10 Å². The van der Waals surface area contributed by atoms with E-state index in [0.29, 0.717) is 29.2 Å². The number of nitrogens with zero attached hydrogens (tertiary/aromatic N) is 4. The van der Waals surface area contributed by atoms with Crippen LogP contribution in [0.4, 0.5) is 5.69 Å². The van der Waals surface area contributed by atoms with E-state index < -0.39 is 0 Å². The van der Waals surface area contributed by atoms with Crippen molar-refractivity contribution in [3.8, 4) is 5.95 Å². The summed E-state index contributed by atoms with van der Waals surface area (Å²) in [5.41, 5.74) is 4.05. The number of amides is 1. The van der Waals surface area contributed by atoms with Crippen LogP contribution in [0.1, 0.15) is 46.3 Å². The molecule has 2 aromatic heterocycles. The van der Waals surface area contributed by atoms with Crippen molar-refractivity contribution in [1.29, 1.82) is 0 Å². The van der Waals surface area contributed by atoms with Crippen molar-refractivity contribution in [3.05, 3.63) is 68.9 Å². The molecular formula is C22H23N5O3. The minimum atomic E-state index is -0.352. The lowest BCUT2D eigenvalue weighted by Gasteiger charge is -2.15. The van der Waals surface area contributed by atoms with Crippen LogP contribution in [0, 0.1) is 13.8 Å². The number of benzene rings is 1. The molecule has 0 saturated carbocycles. The monoisotopic (exact) mass is 405 g/mol. The summed E-state index contributed by atoms with van der Waals surface area (Å²) in [4.78, 5) is 42.0. The van der Waals surface area contributed by atoms with Crippen molar-refractivity contribution in [2.75, 3.05) is 5.32 Å². The van der Waals surface area contributed by atoms with Gasteiger partial charge in [-0.05, 0) is 70.4 Å². The van der Waals surface area contributed by atoms with Crippen LogP contribution in [0.2, 0.25) is 0 Å². The van der Waals surface area contributed by atoms with E-state index in [1.165, 1.54) is 11.5 Å². The summed E-state index contributed by atoms with van der Waals surface area (Å²) < 4.78 is 3.01. The molecule has 0 unspecified atom stereocenters. The van der Waals surface area contributed by atoms with Crippen LogP contribution in [0.3, 0.4) is 0 Å². The van der Waals surface area contributed by atoms with Gasteiger partial charge >= 0.3 is 0 Å². The van der Waals surface area contributed by atoms with Crippen LogP contribution in [0.5, 0.6) is 0 Å². The molecule has 0 aliphatic heterocycles. The van der Waals surface area contributed by atoms with Gasteiger partial charge in [-0.3, -0.25) is 19.0 Å². The standard InChI is InChI=1S/C22H23N5O3/c1-13-11-14(2)27(25-13)22-24-19-6-4-5-18(19)21(30)26(22)12-20(29)23-17-9-7-16(8-10-17)15(3)28/h7-11H,4-6,12H2,1-3H3,(H,23,29). The molecule has 0 bridgehead atoms. The maximum absolute atomic E-state index is 13.1. The molecule has 0 spiro atoms. The molecule has 30 heavy (non-hydrogen) atoms. The second-order valence-corrected chi connectivity index (χ2v) is 7.60. The Kier molecular flexibility index (Phi) is 5.07. The van der Waals surface area contributed by atoms with E-state index in [2.05, 4.69) is 10.4 Å². The van der Waals surface area contributed by atoms with Crippen LogP contribution >= 0.6 is 0 Å². The third-order valence-corrected chi connectivity index (χ3v) is 5.24. The quantitative estimate of drug-likeness (QED) is 0.657. The molecule has 2 heterocycles. The number of rotatable bonds is 5. The number of nitrogens with one attached hydrogen (secondary N) is 1. The zero-order valence-corrected chi connectivity index (χ0v) is 17.2. The van der Waals surface area contributed by atoms with E-state index in [0.717, 1.165) is 29.9 Å². The molecule has 0 radical (unpaired) electrons. The average molecular weight is 405 g/mol. The molecule has 4 rings (SSSR count). The fourth-order valence-electron chi connectivity index (χ4n) is 3.78. The first-order valence-corrected chi connectivity index (χ1v) is 9.90. The Hall–Kier alpha value is -3.55. The number of hydrogen-bond donors (Lipinski definition) is 1. The van der Waals surface area contributed by atoms with Crippen molar-refractivity contribution in [1.82, 2.24) is 19.3 Å². The average Bonchev–Trinajstić information content (AvgIpc) is 3.30. The Morgan fingerprint density at radius 1 is 1.13 bits per heavy atom. The normalized spacial score (nSPS) is 12.6. The molecule has 3 aromatic rings. The number of aromatic nitrogens is 4. The molecule has 0 fully saturated rings. The summed E-state index contributed by atoms with van der Waals surface area (Å²) >= 11 is 0. The van der Waals surface area contributed by atoms with Crippen LogP contribution in [-0.4, -0.2) is 31.0 Å². The molecule has 1 amide bonds. The van der Waals surface area contributed by atoms with Gasteiger partial charge in [-0.15, -0.1) is 0 Å². The molecule has 1 aromatic carbocycles. The van der Waals surface area contributed by atoms with E-state index in [1.54, 1.807) is 28.9 Å². The van der Waals surface area contributed by atoms with E-state index in [1.807, 2.05) is 19.9 Å². The number of carbonyl (C=O) groups is 2. The van der Waals surface area contributed by atoms with Crippen molar-refractivity contribution in [2.24, 2.45) is 0 Å². The highest BCUT2D eigenvalue weighted by atomic mass is 16.2. The van der Waals surface area contributed by atoms with Gasteiger partial charge in [0.05, 0.1) is 11.4 Å². The number of fused-ring (bicyclic) bond motifs is 1. The summed E-state index contributed by atoms with van der Waals surface area (Å²) in [7, 11) is 0. The highest BCUT2D eigenvalue weighted by molar-refractivity contribution is 5.95. The zero-order valence-electron chi connectivity index (χ0n) is 17.2. The van der Waals surface area contributed by atoms with Crippen molar-refractivity contribution < 1.29 is 9.59 Å². The fourth-order valence-corrected chi connectivity index (χ4v) is 3.78. The van der Waals surface area contributed by atoms with Crippen molar-refractivity contribution >= 4 is 17.4 Å². The predicted molar refractivity (Wildman–Crippen MR) is 112 cm³/mol. The van der Waals surface area contributed by atoms with E-state index in [-0.39, 0.29) is 23.8 Å². The molecule has 8 nitrogen and oxygen atoms in total. The lowest BCUT2D eigenvalue weighted by atomic mass is 10.1. The number of aryl methyl sites for hydroxylation is 3. The Labute approximate surface area is 173 Å². The number of ketones is 1. The van der Waals surface area contributed by atoms with Crippen LogP contribution in [0.15, 0.2) is 35.1 Å². The molecule has 8 heteroatoms. The summed E-state index contributed by atoms with van der Waals surface area (Å²) in [6.07, 6.45) is 2.31. The number of hydrogen-bond acceptors (Lipinski definition) is 5. The third-order valence-electron chi connectivity index (χ3n) is 5.24. The molecule has 1 N–H and O–H groups in total. The molecular weight excluding hydrogens is 382 g/mol. The Morgan fingerprint density at radius 2 is 1.87 bits per heavy atom. The van der Waals surface area contributed by atoms with Gasteiger partial charge in [0, 0.05) is 22.5 Å². The maximum atomic E-state index is 13.1. The van der Waals surface area contributed by atoms with Gasteiger partial charge in [-0.1, -0.05) is 0 Å². The van der Waals surface area contributed by atoms with Gasteiger partial charge in [0.2, 0.25) is 11.9 Å². The highest BCUT2D eigenvalue weighted by Gasteiger charge is 2.23. The van der Waals surface area contributed by atoms with Crippen LogP contribution < -0.4 is 10.9 Å². The van der Waals surface area contributed by atoms with Crippen molar-refractivity contribution in [3.63, 3.8) is 0 Å². The summed E-state index contributed by atoms with van der Waals surface area (Å²) in [6, 6.07) is 8.55. The lowest BCUT2D eigenvalue weighted by Crippen LogP contribution is -2.34. The second-order valence-electron chi connectivity index (χ2n) is 7.60. The third kappa shape index (κ3) is 3.68. The molecule has 154 valence electrons. The fraction of sp³-hybridized carbons (Fsp3) is 0.318.